The van der Waals surface area contributed by atoms with Crippen molar-refractivity contribution in [1.29, 1.82) is 0 Å². The van der Waals surface area contributed by atoms with E-state index in [1.165, 1.54) is 0 Å². The van der Waals surface area contributed by atoms with Gasteiger partial charge in [-0.2, -0.15) is 0 Å². The number of ether oxygens (including phenoxy) is 2. The molecule has 0 atom stereocenters. The molecule has 6 heteroatoms. The first-order valence-corrected chi connectivity index (χ1v) is 6.77. The molecule has 1 aliphatic heterocycles. The fraction of sp³-hybridized carbons (Fsp3) is 0.308. The monoisotopic (exact) mass is 278 g/mol. The third-order valence-electron chi connectivity index (χ3n) is 2.86. The van der Waals surface area contributed by atoms with Crippen LogP contribution < -0.4 is 15.4 Å². The minimum Gasteiger partial charge on any atom is -0.486 e. The molecular weight excluding hydrogens is 264 g/mol. The van der Waals surface area contributed by atoms with Crippen LogP contribution in [0.25, 0.3) is 11.3 Å². The summed E-state index contributed by atoms with van der Waals surface area (Å²) in [5.41, 5.74) is 1.95. The largest absolute Gasteiger partial charge is 0.486 e. The molecule has 5 nitrogen and oxygen atoms in total. The summed E-state index contributed by atoms with van der Waals surface area (Å²) < 4.78 is 11.1. The molecule has 19 heavy (non-hydrogen) atoms. The van der Waals surface area contributed by atoms with Gasteiger partial charge in [0.15, 0.2) is 11.5 Å². The summed E-state index contributed by atoms with van der Waals surface area (Å²) in [5.74, 6) is 6.64. The van der Waals surface area contributed by atoms with Gasteiger partial charge < -0.3 is 9.47 Å². The standard InChI is InChI=1S/C13H14N2O3S/c1-8-13(15-12(19-8)7-18-14)9-2-3-10-11(6-9)17-5-4-16-10/h2-3,6H,4-5,7,14H2,1H3. The van der Waals surface area contributed by atoms with Gasteiger partial charge >= 0.3 is 0 Å². The fourth-order valence-corrected chi connectivity index (χ4v) is 2.92. The zero-order chi connectivity index (χ0) is 13.2. The van der Waals surface area contributed by atoms with Crippen molar-refractivity contribution in [3.63, 3.8) is 0 Å². The summed E-state index contributed by atoms with van der Waals surface area (Å²) in [5, 5.41) is 0.866. The van der Waals surface area contributed by atoms with Gasteiger partial charge in [-0.1, -0.05) is 0 Å². The van der Waals surface area contributed by atoms with Crippen LogP contribution in [-0.2, 0) is 11.4 Å². The van der Waals surface area contributed by atoms with Crippen LogP contribution in [0, 0.1) is 6.92 Å². The Kier molecular flexibility index (Phi) is 3.37. The summed E-state index contributed by atoms with van der Waals surface area (Å²) in [6.07, 6.45) is 0. The van der Waals surface area contributed by atoms with Crippen molar-refractivity contribution in [2.75, 3.05) is 13.2 Å². The van der Waals surface area contributed by atoms with Crippen molar-refractivity contribution < 1.29 is 14.3 Å². The molecule has 0 saturated heterocycles. The number of nitrogens with zero attached hydrogens (tertiary/aromatic N) is 1. The molecule has 0 unspecified atom stereocenters. The molecule has 0 saturated carbocycles. The maximum absolute atomic E-state index is 5.59. The Labute approximate surface area is 114 Å². The maximum Gasteiger partial charge on any atom is 0.162 e. The van der Waals surface area contributed by atoms with E-state index in [0.717, 1.165) is 32.6 Å². The van der Waals surface area contributed by atoms with Crippen molar-refractivity contribution in [2.24, 2.45) is 5.90 Å². The van der Waals surface area contributed by atoms with Crippen LogP contribution in [0.5, 0.6) is 11.5 Å². The first kappa shape index (κ1) is 12.4. The molecule has 0 radical (unpaired) electrons. The lowest BCUT2D eigenvalue weighted by atomic mass is 10.1. The van der Waals surface area contributed by atoms with E-state index >= 15 is 0 Å². The van der Waals surface area contributed by atoms with Crippen LogP contribution >= 0.6 is 11.3 Å². The van der Waals surface area contributed by atoms with E-state index in [1.807, 2.05) is 25.1 Å². The molecule has 0 amide bonds. The van der Waals surface area contributed by atoms with Crippen molar-refractivity contribution >= 4 is 11.3 Å². The Morgan fingerprint density at radius 3 is 2.89 bits per heavy atom. The Balaban J connectivity index is 1.97. The number of benzene rings is 1. The number of hydrogen-bond donors (Lipinski definition) is 1. The van der Waals surface area contributed by atoms with Gasteiger partial charge in [0, 0.05) is 10.4 Å². The van der Waals surface area contributed by atoms with Crippen LogP contribution in [0.15, 0.2) is 18.2 Å². The molecule has 1 aromatic heterocycles. The Morgan fingerprint density at radius 2 is 2.11 bits per heavy atom. The molecule has 2 N–H and O–H groups in total. The quantitative estimate of drug-likeness (QED) is 0.872. The second-order valence-corrected chi connectivity index (χ2v) is 5.47. The normalized spacial score (nSPS) is 13.6. The van der Waals surface area contributed by atoms with Crippen LogP contribution in [0.3, 0.4) is 0 Å². The molecule has 2 aromatic rings. The number of nitrogens with two attached hydrogens (primary N) is 1. The highest BCUT2D eigenvalue weighted by molar-refractivity contribution is 7.12. The summed E-state index contributed by atoms with van der Waals surface area (Å²) in [4.78, 5) is 10.3. The molecule has 3 rings (SSSR count). The van der Waals surface area contributed by atoms with Gasteiger partial charge in [-0.3, -0.25) is 4.84 Å². The molecule has 0 fully saturated rings. The van der Waals surface area contributed by atoms with Gasteiger partial charge in [-0.25, -0.2) is 10.9 Å². The Morgan fingerprint density at radius 1 is 1.32 bits per heavy atom. The van der Waals surface area contributed by atoms with E-state index < -0.39 is 0 Å². The van der Waals surface area contributed by atoms with Gasteiger partial charge in [0.1, 0.15) is 24.8 Å². The van der Waals surface area contributed by atoms with Crippen LogP contribution in [0.2, 0.25) is 0 Å². The number of aromatic nitrogens is 1. The van der Waals surface area contributed by atoms with E-state index in [4.69, 9.17) is 15.4 Å². The van der Waals surface area contributed by atoms with Crippen molar-refractivity contribution in [1.82, 2.24) is 4.98 Å². The second-order valence-electron chi connectivity index (χ2n) is 4.18. The van der Waals surface area contributed by atoms with Gasteiger partial charge in [0.05, 0.1) is 5.69 Å². The topological polar surface area (TPSA) is 66.6 Å². The number of thiazole rings is 1. The van der Waals surface area contributed by atoms with Gasteiger partial charge in [0.25, 0.3) is 0 Å². The average molecular weight is 278 g/mol. The minimum atomic E-state index is 0.329. The Bertz CT molecular complexity index is 598. The summed E-state index contributed by atoms with van der Waals surface area (Å²) >= 11 is 1.58. The zero-order valence-electron chi connectivity index (χ0n) is 10.5. The lowest BCUT2D eigenvalue weighted by Gasteiger charge is -2.18. The number of rotatable bonds is 3. The number of hydrogen-bond acceptors (Lipinski definition) is 6. The molecule has 0 aliphatic carbocycles. The third kappa shape index (κ3) is 2.42. The van der Waals surface area contributed by atoms with Crippen LogP contribution in [0.1, 0.15) is 9.88 Å². The lowest BCUT2D eigenvalue weighted by molar-refractivity contribution is 0.124. The molecule has 1 aromatic carbocycles. The zero-order valence-corrected chi connectivity index (χ0v) is 11.3. The highest BCUT2D eigenvalue weighted by atomic mass is 32.1. The minimum absolute atomic E-state index is 0.329. The predicted molar refractivity (Wildman–Crippen MR) is 72.3 cm³/mol. The second kappa shape index (κ2) is 5.16. The van der Waals surface area contributed by atoms with Gasteiger partial charge in [-0.05, 0) is 25.1 Å². The first-order valence-electron chi connectivity index (χ1n) is 5.96. The summed E-state index contributed by atoms with van der Waals surface area (Å²) in [6.45, 7) is 3.54. The molecule has 2 heterocycles. The number of aryl methyl sites for hydroxylation is 1. The number of fused-ring (bicyclic) bond motifs is 1. The van der Waals surface area contributed by atoms with E-state index in [-0.39, 0.29) is 0 Å². The summed E-state index contributed by atoms with van der Waals surface area (Å²) in [7, 11) is 0. The van der Waals surface area contributed by atoms with E-state index in [0.29, 0.717) is 19.8 Å². The maximum atomic E-state index is 5.59. The Hall–Kier alpha value is -1.63. The molecule has 0 bridgehead atoms. The fourth-order valence-electron chi connectivity index (χ4n) is 2.04. The smallest absolute Gasteiger partial charge is 0.162 e. The molecular formula is C13H14N2O3S. The van der Waals surface area contributed by atoms with Crippen molar-refractivity contribution in [3.8, 4) is 22.8 Å². The van der Waals surface area contributed by atoms with Crippen molar-refractivity contribution in [2.45, 2.75) is 13.5 Å². The lowest BCUT2D eigenvalue weighted by Crippen LogP contribution is -2.15. The van der Waals surface area contributed by atoms with E-state index in [1.54, 1.807) is 11.3 Å². The molecule has 1 aliphatic rings. The van der Waals surface area contributed by atoms with Gasteiger partial charge in [-0.15, -0.1) is 11.3 Å². The van der Waals surface area contributed by atoms with Gasteiger partial charge in [0.2, 0.25) is 0 Å². The van der Waals surface area contributed by atoms with E-state index in [9.17, 15) is 0 Å². The average Bonchev–Trinajstić information content (AvgIpc) is 2.79. The molecule has 100 valence electrons. The first-order chi connectivity index (χ1) is 9.28. The summed E-state index contributed by atoms with van der Waals surface area (Å²) in [6, 6.07) is 5.87. The van der Waals surface area contributed by atoms with E-state index in [2.05, 4.69) is 9.82 Å². The van der Waals surface area contributed by atoms with Crippen LogP contribution in [0.4, 0.5) is 0 Å². The SMILES string of the molecule is Cc1sc(CON)nc1-c1ccc2c(c1)OCCO2. The van der Waals surface area contributed by atoms with Crippen LogP contribution in [-0.4, -0.2) is 18.2 Å². The molecule has 0 spiro atoms. The van der Waals surface area contributed by atoms with Crippen molar-refractivity contribution in [3.05, 3.63) is 28.1 Å². The highest BCUT2D eigenvalue weighted by Crippen LogP contribution is 2.36. The third-order valence-corrected chi connectivity index (χ3v) is 3.81. The highest BCUT2D eigenvalue weighted by Gasteiger charge is 2.15. The predicted octanol–water partition coefficient (Wildman–Crippen LogP) is 2.28.